The molecule has 1 rings (SSSR count). The topological polar surface area (TPSA) is 40.5 Å². The van der Waals surface area contributed by atoms with E-state index in [1.165, 1.54) is 18.2 Å². The van der Waals surface area contributed by atoms with Crippen molar-refractivity contribution in [3.05, 3.63) is 24.3 Å². The molecule has 2 N–H and O–H groups in total. The minimum absolute atomic E-state index is 0. The molecule has 0 spiro atoms. The standard InChI is InChI=1S/C6H6O2.Cu/c7-5-2-1-3-6(8)4-5;/h1-4,7-8H;. The van der Waals surface area contributed by atoms with Crippen LogP contribution in [-0.2, 0) is 17.1 Å². The van der Waals surface area contributed by atoms with Crippen LogP contribution in [0.25, 0.3) is 0 Å². The van der Waals surface area contributed by atoms with Gasteiger partial charge >= 0.3 is 0 Å². The van der Waals surface area contributed by atoms with Crippen molar-refractivity contribution in [3.8, 4) is 11.5 Å². The predicted molar refractivity (Wildman–Crippen MR) is 29.8 cm³/mol. The molecule has 1 aromatic carbocycles. The second kappa shape index (κ2) is 3.38. The zero-order chi connectivity index (χ0) is 5.98. The van der Waals surface area contributed by atoms with Gasteiger partial charge in [-0.15, -0.1) is 0 Å². The van der Waals surface area contributed by atoms with Crippen molar-refractivity contribution in [2.75, 3.05) is 0 Å². The van der Waals surface area contributed by atoms with Crippen LogP contribution in [-0.4, -0.2) is 10.2 Å². The maximum absolute atomic E-state index is 8.65. The SMILES string of the molecule is Oc1cccc(O)c1.[Cu]. The van der Waals surface area contributed by atoms with Crippen molar-refractivity contribution in [1.29, 1.82) is 0 Å². The molecule has 0 atom stereocenters. The molecule has 0 amide bonds. The molecule has 53 valence electrons. The quantitative estimate of drug-likeness (QED) is 0.577. The molecule has 0 aliphatic carbocycles. The van der Waals surface area contributed by atoms with Crippen LogP contribution in [0.2, 0.25) is 0 Å². The van der Waals surface area contributed by atoms with Gasteiger partial charge in [-0.3, -0.25) is 0 Å². The molecule has 0 saturated heterocycles. The summed E-state index contributed by atoms with van der Waals surface area (Å²) in [6, 6.07) is 5.85. The van der Waals surface area contributed by atoms with Gasteiger partial charge in [-0.1, -0.05) is 6.07 Å². The number of phenolic OH excluding ortho intramolecular Hbond substituents is 2. The normalized spacial score (nSPS) is 8.00. The van der Waals surface area contributed by atoms with Crippen LogP contribution in [0.1, 0.15) is 0 Å². The average molecular weight is 174 g/mol. The van der Waals surface area contributed by atoms with Crippen molar-refractivity contribution < 1.29 is 27.3 Å². The van der Waals surface area contributed by atoms with Crippen LogP contribution in [0.5, 0.6) is 11.5 Å². The number of rotatable bonds is 0. The number of benzene rings is 1. The Morgan fingerprint density at radius 1 is 1.00 bits per heavy atom. The Hall–Kier alpha value is -0.661. The van der Waals surface area contributed by atoms with Crippen molar-refractivity contribution in [3.63, 3.8) is 0 Å². The zero-order valence-electron chi connectivity index (χ0n) is 4.51. The average Bonchev–Trinajstić information content (AvgIpc) is 1.64. The van der Waals surface area contributed by atoms with Gasteiger partial charge in [0.2, 0.25) is 0 Å². The first-order chi connectivity index (χ1) is 3.79. The van der Waals surface area contributed by atoms with E-state index >= 15 is 0 Å². The van der Waals surface area contributed by atoms with Gasteiger partial charge in [0, 0.05) is 23.1 Å². The van der Waals surface area contributed by atoms with E-state index in [1.54, 1.807) is 6.07 Å². The number of hydrogen-bond acceptors (Lipinski definition) is 2. The van der Waals surface area contributed by atoms with E-state index in [-0.39, 0.29) is 28.6 Å². The summed E-state index contributed by atoms with van der Waals surface area (Å²) in [5.41, 5.74) is 0. The van der Waals surface area contributed by atoms with Crippen LogP contribution < -0.4 is 0 Å². The van der Waals surface area contributed by atoms with Crippen molar-refractivity contribution in [2.24, 2.45) is 0 Å². The van der Waals surface area contributed by atoms with E-state index in [9.17, 15) is 0 Å². The molecule has 0 aliphatic heterocycles. The largest absolute Gasteiger partial charge is 0.508 e. The van der Waals surface area contributed by atoms with Gasteiger partial charge in [0.1, 0.15) is 11.5 Å². The van der Waals surface area contributed by atoms with E-state index in [0.29, 0.717) is 0 Å². The maximum atomic E-state index is 8.65. The summed E-state index contributed by atoms with van der Waals surface area (Å²) in [6.07, 6.45) is 0. The Bertz CT molecular complexity index is 171. The van der Waals surface area contributed by atoms with Gasteiger partial charge < -0.3 is 10.2 Å². The molecule has 1 radical (unpaired) electrons. The van der Waals surface area contributed by atoms with E-state index in [0.717, 1.165) is 0 Å². The van der Waals surface area contributed by atoms with Crippen molar-refractivity contribution in [2.45, 2.75) is 0 Å². The molecule has 0 saturated carbocycles. The minimum atomic E-state index is 0. The molecule has 0 heterocycles. The van der Waals surface area contributed by atoms with Crippen LogP contribution >= 0.6 is 0 Å². The summed E-state index contributed by atoms with van der Waals surface area (Å²) in [6.45, 7) is 0. The molecule has 0 fully saturated rings. The summed E-state index contributed by atoms with van der Waals surface area (Å²) in [4.78, 5) is 0. The summed E-state index contributed by atoms with van der Waals surface area (Å²) in [5, 5.41) is 17.3. The Morgan fingerprint density at radius 2 is 1.44 bits per heavy atom. The Labute approximate surface area is 63.6 Å². The molecule has 1 aromatic rings. The molecule has 0 bridgehead atoms. The van der Waals surface area contributed by atoms with Gasteiger partial charge in [0.25, 0.3) is 0 Å². The first kappa shape index (κ1) is 8.34. The Morgan fingerprint density at radius 3 is 1.67 bits per heavy atom. The van der Waals surface area contributed by atoms with Crippen LogP contribution in [0.3, 0.4) is 0 Å². The molecule has 3 heteroatoms. The smallest absolute Gasteiger partial charge is 0.119 e. The first-order valence-corrected chi connectivity index (χ1v) is 2.27. The predicted octanol–water partition coefficient (Wildman–Crippen LogP) is 1.10. The van der Waals surface area contributed by atoms with Gasteiger partial charge in [0.15, 0.2) is 0 Å². The monoisotopic (exact) mass is 173 g/mol. The fraction of sp³-hybridized carbons (Fsp3) is 0. The van der Waals surface area contributed by atoms with Crippen molar-refractivity contribution >= 4 is 0 Å². The van der Waals surface area contributed by atoms with E-state index in [1.807, 2.05) is 0 Å². The second-order valence-electron chi connectivity index (χ2n) is 1.52. The Kier molecular flexibility index (Phi) is 3.13. The fourth-order valence-corrected chi connectivity index (χ4v) is 0.493. The third-order valence-corrected chi connectivity index (χ3v) is 0.830. The summed E-state index contributed by atoms with van der Waals surface area (Å²) in [7, 11) is 0. The van der Waals surface area contributed by atoms with E-state index in [4.69, 9.17) is 10.2 Å². The number of phenols is 2. The van der Waals surface area contributed by atoms with Crippen LogP contribution in [0.4, 0.5) is 0 Å². The van der Waals surface area contributed by atoms with Gasteiger partial charge in [0.05, 0.1) is 0 Å². The minimum Gasteiger partial charge on any atom is -0.508 e. The van der Waals surface area contributed by atoms with E-state index in [2.05, 4.69) is 0 Å². The molecule has 0 aromatic heterocycles. The molecule has 0 aliphatic rings. The molecular weight excluding hydrogens is 168 g/mol. The third-order valence-electron chi connectivity index (χ3n) is 0.830. The molecule has 9 heavy (non-hydrogen) atoms. The van der Waals surface area contributed by atoms with E-state index < -0.39 is 0 Å². The van der Waals surface area contributed by atoms with Crippen LogP contribution in [0, 0.1) is 0 Å². The van der Waals surface area contributed by atoms with Gasteiger partial charge in [-0.25, -0.2) is 0 Å². The Balaban J connectivity index is 0.000000640. The zero-order valence-corrected chi connectivity index (χ0v) is 5.45. The van der Waals surface area contributed by atoms with Gasteiger partial charge in [-0.2, -0.15) is 0 Å². The third kappa shape index (κ3) is 2.40. The molecule has 2 nitrogen and oxygen atoms in total. The second-order valence-corrected chi connectivity index (χ2v) is 1.52. The number of hydrogen-bond donors (Lipinski definition) is 2. The molecule has 0 unspecified atom stereocenters. The summed E-state index contributed by atoms with van der Waals surface area (Å²) in [5.74, 6) is 0.176. The fourth-order valence-electron chi connectivity index (χ4n) is 0.493. The molecular formula is C6H6CuO2. The van der Waals surface area contributed by atoms with Gasteiger partial charge in [-0.05, 0) is 12.1 Å². The summed E-state index contributed by atoms with van der Waals surface area (Å²) >= 11 is 0. The summed E-state index contributed by atoms with van der Waals surface area (Å²) < 4.78 is 0. The van der Waals surface area contributed by atoms with Crippen molar-refractivity contribution in [1.82, 2.24) is 0 Å². The first-order valence-electron chi connectivity index (χ1n) is 2.27. The number of aromatic hydroxyl groups is 2. The maximum Gasteiger partial charge on any atom is 0.119 e. The van der Waals surface area contributed by atoms with Crippen LogP contribution in [0.15, 0.2) is 24.3 Å².